The van der Waals surface area contributed by atoms with Crippen LogP contribution in [0, 0.1) is 0 Å². The number of furan rings is 1. The number of benzene rings is 1. The Kier molecular flexibility index (Phi) is 6.04. The highest BCUT2D eigenvalue weighted by molar-refractivity contribution is 5.94. The molecule has 1 atom stereocenters. The number of hydrogen-bond acceptors (Lipinski definition) is 4. The van der Waals surface area contributed by atoms with Gasteiger partial charge in [-0.1, -0.05) is 30.3 Å². The molecule has 0 bridgehead atoms. The second-order valence-corrected chi connectivity index (χ2v) is 6.12. The highest BCUT2D eigenvalue weighted by Gasteiger charge is 2.25. The summed E-state index contributed by atoms with van der Waals surface area (Å²) in [4.78, 5) is 14.6. The molecular weight excluding hydrogens is 316 g/mol. The molecule has 3 rings (SSSR count). The van der Waals surface area contributed by atoms with Crippen LogP contribution in [0.3, 0.4) is 0 Å². The molecule has 0 saturated carbocycles. The van der Waals surface area contributed by atoms with E-state index in [9.17, 15) is 4.79 Å². The summed E-state index contributed by atoms with van der Waals surface area (Å²) in [5.74, 6) is 0.775. The molecule has 132 valence electrons. The maximum atomic E-state index is 12.3. The first kappa shape index (κ1) is 17.5. The summed E-state index contributed by atoms with van der Waals surface area (Å²) in [5, 5.41) is 3.01. The van der Waals surface area contributed by atoms with Gasteiger partial charge in [0.2, 0.25) is 5.91 Å². The molecule has 1 N–H and O–H groups in total. The highest BCUT2D eigenvalue weighted by Crippen LogP contribution is 2.21. The van der Waals surface area contributed by atoms with Gasteiger partial charge in [-0.25, -0.2) is 0 Å². The molecule has 5 nitrogen and oxygen atoms in total. The molecule has 2 heterocycles. The Bertz CT molecular complexity index is 689. The smallest absolute Gasteiger partial charge is 0.244 e. The minimum Gasteiger partial charge on any atom is -0.468 e. The first-order valence-electron chi connectivity index (χ1n) is 8.61. The van der Waals surface area contributed by atoms with Crippen molar-refractivity contribution in [2.24, 2.45) is 0 Å². The number of carbonyl (C=O) groups is 1. The Labute approximate surface area is 148 Å². The number of hydrogen-bond donors (Lipinski definition) is 1. The fraction of sp³-hybridized carbons (Fsp3) is 0.350. The van der Waals surface area contributed by atoms with Gasteiger partial charge in [-0.05, 0) is 30.2 Å². The third-order valence-corrected chi connectivity index (χ3v) is 4.40. The summed E-state index contributed by atoms with van der Waals surface area (Å²) in [6.45, 7) is 5.53. The van der Waals surface area contributed by atoms with E-state index in [4.69, 9.17) is 9.15 Å². The standard InChI is InChI=1S/C20H24N2O3/c1-16(17-6-3-2-4-7-17)14-20(23)21-15-18(19-8-5-11-25-19)22-9-12-24-13-10-22/h2-8,11,14,18H,9-10,12-13,15H2,1H3,(H,21,23)/b16-14+. The van der Waals surface area contributed by atoms with Crippen LogP contribution >= 0.6 is 0 Å². The van der Waals surface area contributed by atoms with Gasteiger partial charge in [-0.3, -0.25) is 9.69 Å². The fourth-order valence-electron chi connectivity index (χ4n) is 3.01. The lowest BCUT2D eigenvalue weighted by Gasteiger charge is -2.33. The zero-order valence-corrected chi connectivity index (χ0v) is 14.5. The summed E-state index contributed by atoms with van der Waals surface area (Å²) in [7, 11) is 0. The van der Waals surface area contributed by atoms with Crippen LogP contribution in [0.15, 0.2) is 59.2 Å². The van der Waals surface area contributed by atoms with Crippen molar-refractivity contribution < 1.29 is 13.9 Å². The lowest BCUT2D eigenvalue weighted by molar-refractivity contribution is -0.116. The van der Waals surface area contributed by atoms with Crippen LogP contribution < -0.4 is 5.32 Å². The van der Waals surface area contributed by atoms with Crippen LogP contribution in [0.2, 0.25) is 0 Å². The monoisotopic (exact) mass is 340 g/mol. The van der Waals surface area contributed by atoms with E-state index < -0.39 is 0 Å². The minimum atomic E-state index is -0.0915. The molecule has 2 aromatic rings. The first-order valence-corrected chi connectivity index (χ1v) is 8.61. The van der Waals surface area contributed by atoms with E-state index in [0.29, 0.717) is 19.8 Å². The molecule has 0 spiro atoms. The lowest BCUT2D eigenvalue weighted by Crippen LogP contribution is -2.43. The van der Waals surface area contributed by atoms with Gasteiger partial charge in [-0.2, -0.15) is 0 Å². The molecule has 0 aliphatic carbocycles. The quantitative estimate of drug-likeness (QED) is 0.822. The minimum absolute atomic E-state index is 0.0216. The molecule has 5 heteroatoms. The van der Waals surface area contributed by atoms with E-state index in [-0.39, 0.29) is 11.9 Å². The Morgan fingerprint density at radius 3 is 2.64 bits per heavy atom. The van der Waals surface area contributed by atoms with E-state index in [2.05, 4.69) is 10.2 Å². The highest BCUT2D eigenvalue weighted by atomic mass is 16.5. The summed E-state index contributed by atoms with van der Waals surface area (Å²) < 4.78 is 11.0. The maximum Gasteiger partial charge on any atom is 0.244 e. The molecule has 1 aromatic carbocycles. The number of nitrogens with one attached hydrogen (secondary N) is 1. The number of amides is 1. The van der Waals surface area contributed by atoms with Gasteiger partial charge in [-0.15, -0.1) is 0 Å². The van der Waals surface area contributed by atoms with Crippen LogP contribution in [0.5, 0.6) is 0 Å². The van der Waals surface area contributed by atoms with E-state index in [1.54, 1.807) is 12.3 Å². The van der Waals surface area contributed by atoms with Crippen molar-refractivity contribution in [2.75, 3.05) is 32.8 Å². The van der Waals surface area contributed by atoms with Crippen molar-refractivity contribution in [1.82, 2.24) is 10.2 Å². The summed E-state index contributed by atoms with van der Waals surface area (Å²) in [5.41, 5.74) is 1.99. The van der Waals surface area contributed by atoms with Gasteiger partial charge in [0.25, 0.3) is 0 Å². The van der Waals surface area contributed by atoms with Crippen molar-refractivity contribution in [1.29, 1.82) is 0 Å². The molecule has 1 aliphatic rings. The molecule has 0 radical (unpaired) electrons. The van der Waals surface area contributed by atoms with Crippen molar-refractivity contribution in [3.63, 3.8) is 0 Å². The molecule has 1 unspecified atom stereocenters. The normalized spacial score (nSPS) is 17.2. The fourth-order valence-corrected chi connectivity index (χ4v) is 3.01. The molecular formula is C20H24N2O3. The number of ether oxygens (including phenoxy) is 1. The Hall–Kier alpha value is -2.37. The molecule has 1 fully saturated rings. The van der Waals surface area contributed by atoms with E-state index >= 15 is 0 Å². The zero-order valence-electron chi connectivity index (χ0n) is 14.5. The Morgan fingerprint density at radius 2 is 1.96 bits per heavy atom. The molecule has 1 aromatic heterocycles. The van der Waals surface area contributed by atoms with E-state index in [1.807, 2.05) is 49.4 Å². The Balaban J connectivity index is 1.63. The summed E-state index contributed by atoms with van der Waals surface area (Å²) in [6, 6.07) is 13.8. The van der Waals surface area contributed by atoms with Crippen LogP contribution in [-0.2, 0) is 9.53 Å². The first-order chi connectivity index (χ1) is 12.2. The van der Waals surface area contributed by atoms with Gasteiger partial charge in [0.15, 0.2) is 0 Å². The molecule has 1 aliphatic heterocycles. The maximum absolute atomic E-state index is 12.3. The van der Waals surface area contributed by atoms with Crippen LogP contribution in [0.4, 0.5) is 0 Å². The average Bonchev–Trinajstić information content (AvgIpc) is 3.18. The van der Waals surface area contributed by atoms with Crippen molar-refractivity contribution >= 4 is 11.5 Å². The molecule has 1 saturated heterocycles. The van der Waals surface area contributed by atoms with Gasteiger partial charge in [0, 0.05) is 25.7 Å². The largest absolute Gasteiger partial charge is 0.468 e. The lowest BCUT2D eigenvalue weighted by atomic mass is 10.1. The van der Waals surface area contributed by atoms with Gasteiger partial charge >= 0.3 is 0 Å². The number of carbonyl (C=O) groups excluding carboxylic acids is 1. The number of rotatable bonds is 6. The number of allylic oxidation sites excluding steroid dienone is 1. The van der Waals surface area contributed by atoms with E-state index in [1.165, 1.54) is 0 Å². The summed E-state index contributed by atoms with van der Waals surface area (Å²) in [6.07, 6.45) is 3.32. The van der Waals surface area contributed by atoms with Crippen molar-refractivity contribution in [2.45, 2.75) is 13.0 Å². The SMILES string of the molecule is C/C(=C\C(=O)NCC(c1ccco1)N1CCOCC1)c1ccccc1. The summed E-state index contributed by atoms with van der Waals surface area (Å²) >= 11 is 0. The van der Waals surface area contributed by atoms with Gasteiger partial charge in [0.1, 0.15) is 5.76 Å². The molecule has 1 amide bonds. The number of nitrogens with zero attached hydrogens (tertiary/aromatic N) is 1. The zero-order chi connectivity index (χ0) is 17.5. The second-order valence-electron chi connectivity index (χ2n) is 6.12. The van der Waals surface area contributed by atoms with Gasteiger partial charge in [0.05, 0.1) is 25.5 Å². The number of morpholine rings is 1. The van der Waals surface area contributed by atoms with Crippen LogP contribution in [0.25, 0.3) is 5.57 Å². The Morgan fingerprint density at radius 1 is 1.20 bits per heavy atom. The average molecular weight is 340 g/mol. The topological polar surface area (TPSA) is 54.7 Å². The third kappa shape index (κ3) is 4.81. The predicted octanol–water partition coefficient (Wildman–Crippen LogP) is 2.87. The van der Waals surface area contributed by atoms with E-state index in [0.717, 1.165) is 30.0 Å². The van der Waals surface area contributed by atoms with Crippen molar-refractivity contribution in [3.05, 3.63) is 66.1 Å². The van der Waals surface area contributed by atoms with Crippen molar-refractivity contribution in [3.8, 4) is 0 Å². The third-order valence-electron chi connectivity index (χ3n) is 4.40. The predicted molar refractivity (Wildman–Crippen MR) is 96.9 cm³/mol. The molecule has 25 heavy (non-hydrogen) atoms. The second kappa shape index (κ2) is 8.65. The van der Waals surface area contributed by atoms with Crippen LogP contribution in [-0.4, -0.2) is 43.7 Å². The van der Waals surface area contributed by atoms with Gasteiger partial charge < -0.3 is 14.5 Å². The van der Waals surface area contributed by atoms with Crippen LogP contribution in [0.1, 0.15) is 24.3 Å².